The molecule has 2 aromatic rings. The van der Waals surface area contributed by atoms with Gasteiger partial charge in [-0.15, -0.1) is 0 Å². The number of rotatable bonds is 8. The summed E-state index contributed by atoms with van der Waals surface area (Å²) in [6, 6.07) is 11.1. The van der Waals surface area contributed by atoms with E-state index < -0.39 is 16.6 Å². The zero-order valence-corrected chi connectivity index (χ0v) is 13.7. The van der Waals surface area contributed by atoms with Crippen LogP contribution in [0.3, 0.4) is 0 Å². The summed E-state index contributed by atoms with van der Waals surface area (Å²) in [6.07, 6.45) is 1.15. The predicted molar refractivity (Wildman–Crippen MR) is 91.9 cm³/mol. The lowest BCUT2D eigenvalue weighted by Crippen LogP contribution is -2.12. The fraction of sp³-hybridized carbons (Fsp3) is 0.278. The average molecular weight is 345 g/mol. The van der Waals surface area contributed by atoms with Crippen molar-refractivity contribution in [3.05, 3.63) is 58.1 Å². The van der Waals surface area contributed by atoms with E-state index in [-0.39, 0.29) is 18.3 Å². The number of aliphatic hydroxyl groups is 1. The van der Waals surface area contributed by atoms with E-state index in [4.69, 9.17) is 14.9 Å². The minimum Gasteiger partial charge on any atom is -0.490 e. The first-order valence-corrected chi connectivity index (χ1v) is 7.82. The monoisotopic (exact) mass is 345 g/mol. The summed E-state index contributed by atoms with van der Waals surface area (Å²) in [5, 5.41) is 29.2. The standard InChI is InChI=1S/C18H19NO6/c1-12(5-4-10-20)25-17-7-3-2-6-14(17)13-8-9-15(18(21)22)16(11-13)19(23)24/h2-3,6-9,11-12,20H,4-5,10H2,1H3,(H,21,22)/t12-/m1/s1. The second-order valence-corrected chi connectivity index (χ2v) is 5.58. The molecule has 0 aliphatic carbocycles. The molecule has 0 saturated heterocycles. The first-order chi connectivity index (χ1) is 11.9. The van der Waals surface area contributed by atoms with Crippen molar-refractivity contribution in [3.63, 3.8) is 0 Å². The number of carboxylic acids is 1. The molecule has 2 aromatic carbocycles. The van der Waals surface area contributed by atoms with E-state index in [9.17, 15) is 14.9 Å². The number of para-hydroxylation sites is 1. The molecule has 7 heteroatoms. The molecule has 7 nitrogen and oxygen atoms in total. The first kappa shape index (κ1) is 18.4. The highest BCUT2D eigenvalue weighted by atomic mass is 16.6. The molecule has 1 atom stereocenters. The van der Waals surface area contributed by atoms with Gasteiger partial charge in [0, 0.05) is 18.2 Å². The molecule has 132 valence electrons. The van der Waals surface area contributed by atoms with Gasteiger partial charge in [-0.3, -0.25) is 10.1 Å². The lowest BCUT2D eigenvalue weighted by Gasteiger charge is -2.17. The Morgan fingerprint density at radius 1 is 1.28 bits per heavy atom. The van der Waals surface area contributed by atoms with Gasteiger partial charge >= 0.3 is 5.97 Å². The third kappa shape index (κ3) is 4.54. The highest BCUT2D eigenvalue weighted by molar-refractivity contribution is 5.93. The van der Waals surface area contributed by atoms with Crippen LogP contribution in [0.15, 0.2) is 42.5 Å². The van der Waals surface area contributed by atoms with Crippen LogP contribution in [0.25, 0.3) is 11.1 Å². The van der Waals surface area contributed by atoms with Crippen molar-refractivity contribution >= 4 is 11.7 Å². The molecule has 0 aliphatic heterocycles. The molecule has 2 N–H and O–H groups in total. The number of hydrogen-bond acceptors (Lipinski definition) is 5. The van der Waals surface area contributed by atoms with Crippen LogP contribution in [0.1, 0.15) is 30.1 Å². The molecular weight excluding hydrogens is 326 g/mol. The molecule has 25 heavy (non-hydrogen) atoms. The molecule has 0 bridgehead atoms. The molecule has 0 aliphatic rings. The first-order valence-electron chi connectivity index (χ1n) is 7.82. The second kappa shape index (κ2) is 8.25. The van der Waals surface area contributed by atoms with Crippen LogP contribution in [0.2, 0.25) is 0 Å². The van der Waals surface area contributed by atoms with Gasteiger partial charge in [-0.1, -0.05) is 24.3 Å². The van der Waals surface area contributed by atoms with E-state index in [1.165, 1.54) is 18.2 Å². The van der Waals surface area contributed by atoms with Gasteiger partial charge in [0.2, 0.25) is 0 Å². The van der Waals surface area contributed by atoms with E-state index in [0.29, 0.717) is 29.7 Å². The Bertz CT molecular complexity index is 774. The van der Waals surface area contributed by atoms with Gasteiger partial charge in [0.1, 0.15) is 11.3 Å². The van der Waals surface area contributed by atoms with E-state index in [1.54, 1.807) is 24.3 Å². The molecule has 0 saturated carbocycles. The summed E-state index contributed by atoms with van der Waals surface area (Å²) < 4.78 is 5.88. The molecule has 0 heterocycles. The molecule has 0 aromatic heterocycles. The lowest BCUT2D eigenvalue weighted by atomic mass is 10.0. The summed E-state index contributed by atoms with van der Waals surface area (Å²) in [5.74, 6) is -0.800. The maximum Gasteiger partial charge on any atom is 0.342 e. The van der Waals surface area contributed by atoms with Crippen molar-refractivity contribution in [2.45, 2.75) is 25.9 Å². The smallest absolute Gasteiger partial charge is 0.342 e. The predicted octanol–water partition coefficient (Wildman–Crippen LogP) is 3.50. The van der Waals surface area contributed by atoms with Crippen molar-refractivity contribution in [2.75, 3.05) is 6.61 Å². The van der Waals surface area contributed by atoms with Crippen LogP contribution in [0.4, 0.5) is 5.69 Å². The number of nitro benzene ring substituents is 1. The van der Waals surface area contributed by atoms with Gasteiger partial charge in [-0.25, -0.2) is 4.79 Å². The van der Waals surface area contributed by atoms with Gasteiger partial charge in [-0.05, 0) is 37.5 Å². The quantitative estimate of drug-likeness (QED) is 0.560. The van der Waals surface area contributed by atoms with E-state index >= 15 is 0 Å². The Balaban J connectivity index is 2.40. The average Bonchev–Trinajstić information content (AvgIpc) is 2.59. The minimum atomic E-state index is -1.35. The lowest BCUT2D eigenvalue weighted by molar-refractivity contribution is -0.385. The normalized spacial score (nSPS) is 11.8. The molecular formula is C18H19NO6. The van der Waals surface area contributed by atoms with Crippen molar-refractivity contribution in [3.8, 4) is 16.9 Å². The van der Waals surface area contributed by atoms with Gasteiger partial charge < -0.3 is 14.9 Å². The largest absolute Gasteiger partial charge is 0.490 e. The Kier molecular flexibility index (Phi) is 6.08. The third-order valence-electron chi connectivity index (χ3n) is 3.72. The summed E-state index contributed by atoms with van der Waals surface area (Å²) in [5.41, 5.74) is 0.316. The second-order valence-electron chi connectivity index (χ2n) is 5.58. The zero-order chi connectivity index (χ0) is 18.4. The van der Waals surface area contributed by atoms with Crippen LogP contribution < -0.4 is 4.74 Å². The van der Waals surface area contributed by atoms with Crippen LogP contribution in [0, 0.1) is 10.1 Å². The number of hydrogen-bond donors (Lipinski definition) is 2. The number of nitrogens with zero attached hydrogens (tertiary/aromatic N) is 1. The van der Waals surface area contributed by atoms with Crippen LogP contribution in [-0.2, 0) is 0 Å². The maximum absolute atomic E-state index is 11.2. The molecule has 0 fully saturated rings. The Labute approximate surface area is 144 Å². The maximum atomic E-state index is 11.2. The fourth-order valence-electron chi connectivity index (χ4n) is 2.49. The highest BCUT2D eigenvalue weighted by Crippen LogP contribution is 2.34. The highest BCUT2D eigenvalue weighted by Gasteiger charge is 2.21. The number of benzene rings is 2. The van der Waals surface area contributed by atoms with Crippen molar-refractivity contribution in [2.24, 2.45) is 0 Å². The van der Waals surface area contributed by atoms with Gasteiger partial charge in [0.15, 0.2) is 0 Å². The zero-order valence-electron chi connectivity index (χ0n) is 13.7. The number of carboxylic acid groups (broad SMARTS) is 1. The van der Waals surface area contributed by atoms with Gasteiger partial charge in [0.25, 0.3) is 5.69 Å². The topological polar surface area (TPSA) is 110 Å². The van der Waals surface area contributed by atoms with Crippen LogP contribution in [0.5, 0.6) is 5.75 Å². The van der Waals surface area contributed by atoms with Crippen molar-refractivity contribution < 1.29 is 24.7 Å². The molecule has 0 spiro atoms. The van der Waals surface area contributed by atoms with Gasteiger partial charge in [-0.2, -0.15) is 0 Å². The van der Waals surface area contributed by atoms with E-state index in [1.807, 2.05) is 6.92 Å². The number of ether oxygens (including phenoxy) is 1. The number of carbonyl (C=O) groups is 1. The summed E-state index contributed by atoms with van der Waals surface area (Å²) in [6.45, 7) is 1.96. The molecule has 0 unspecified atom stereocenters. The van der Waals surface area contributed by atoms with Crippen molar-refractivity contribution in [1.82, 2.24) is 0 Å². The molecule has 0 amide bonds. The summed E-state index contributed by atoms with van der Waals surface area (Å²) in [7, 11) is 0. The third-order valence-corrected chi connectivity index (χ3v) is 3.72. The number of aliphatic hydroxyl groups excluding tert-OH is 1. The van der Waals surface area contributed by atoms with Gasteiger partial charge in [0.05, 0.1) is 11.0 Å². The Hall–Kier alpha value is -2.93. The number of nitro groups is 1. The summed E-state index contributed by atoms with van der Waals surface area (Å²) in [4.78, 5) is 21.6. The minimum absolute atomic E-state index is 0.0815. The number of aromatic carboxylic acids is 1. The van der Waals surface area contributed by atoms with E-state index in [0.717, 1.165) is 0 Å². The van der Waals surface area contributed by atoms with E-state index in [2.05, 4.69) is 0 Å². The van der Waals surface area contributed by atoms with Crippen molar-refractivity contribution in [1.29, 1.82) is 0 Å². The van der Waals surface area contributed by atoms with Crippen LogP contribution in [-0.4, -0.2) is 33.8 Å². The molecule has 2 rings (SSSR count). The Morgan fingerprint density at radius 3 is 2.64 bits per heavy atom. The molecule has 0 radical (unpaired) electrons. The Morgan fingerprint density at radius 2 is 2.00 bits per heavy atom. The fourth-order valence-corrected chi connectivity index (χ4v) is 2.49. The summed E-state index contributed by atoms with van der Waals surface area (Å²) >= 11 is 0. The van der Waals surface area contributed by atoms with Crippen LogP contribution >= 0.6 is 0 Å². The SMILES string of the molecule is C[C@H](CCCO)Oc1ccccc1-c1ccc(C(=O)O)c([N+](=O)[O-])c1.